The minimum absolute atomic E-state index is 0.347. The van der Waals surface area contributed by atoms with Gasteiger partial charge in [0.1, 0.15) is 10.6 Å². The first-order chi connectivity index (χ1) is 11.7. The van der Waals surface area contributed by atoms with Crippen molar-refractivity contribution in [3.63, 3.8) is 0 Å². The molecule has 0 aliphatic rings. The Morgan fingerprint density at radius 3 is 2.88 bits per heavy atom. The van der Waals surface area contributed by atoms with E-state index in [1.54, 1.807) is 24.0 Å². The molecule has 0 aliphatic carbocycles. The van der Waals surface area contributed by atoms with Crippen LogP contribution in [0, 0.1) is 0 Å². The third-order valence-electron chi connectivity index (χ3n) is 3.69. The van der Waals surface area contributed by atoms with Gasteiger partial charge in [0.15, 0.2) is 0 Å². The van der Waals surface area contributed by atoms with E-state index in [4.69, 9.17) is 4.42 Å². The topological polar surface area (TPSA) is 56.0 Å². The van der Waals surface area contributed by atoms with E-state index in [1.807, 2.05) is 42.5 Å². The van der Waals surface area contributed by atoms with E-state index in [0.29, 0.717) is 11.3 Å². The van der Waals surface area contributed by atoms with Gasteiger partial charge >= 0.3 is 5.63 Å². The molecule has 0 spiro atoms. The molecule has 0 unspecified atom stereocenters. The molecule has 4 rings (SSSR count). The lowest BCUT2D eigenvalue weighted by Gasteiger charge is -2.07. The molecule has 0 saturated carbocycles. The van der Waals surface area contributed by atoms with Gasteiger partial charge in [0.25, 0.3) is 0 Å². The minimum atomic E-state index is -0.347. The van der Waals surface area contributed by atoms with Crippen molar-refractivity contribution in [2.45, 2.75) is 10.8 Å². The number of hydrogen-bond acceptors (Lipinski definition) is 5. The summed E-state index contributed by atoms with van der Waals surface area (Å²) in [5.74, 6) is 0.617. The smallest absolute Gasteiger partial charge is 0.336 e. The monoisotopic (exact) mass is 398 g/mol. The van der Waals surface area contributed by atoms with Gasteiger partial charge in [-0.15, -0.1) is 5.10 Å². The molecule has 0 saturated heterocycles. The molecule has 118 valence electrons. The minimum Gasteiger partial charge on any atom is -0.423 e. The van der Waals surface area contributed by atoms with Crippen molar-refractivity contribution >= 4 is 49.4 Å². The van der Waals surface area contributed by atoms with Crippen molar-refractivity contribution < 1.29 is 4.42 Å². The third-order valence-corrected chi connectivity index (χ3v) is 5.22. The molecule has 0 radical (unpaired) electrons. The lowest BCUT2D eigenvalue weighted by molar-refractivity contribution is 0.559. The second-order valence-electron chi connectivity index (χ2n) is 5.26. The molecule has 0 atom stereocenters. The average Bonchev–Trinajstić information content (AvgIpc) is 2.59. The Labute approximate surface area is 150 Å². The number of rotatable bonds is 3. The van der Waals surface area contributed by atoms with Gasteiger partial charge in [-0.25, -0.2) is 4.79 Å². The molecular weight excluding hydrogens is 388 g/mol. The van der Waals surface area contributed by atoms with Gasteiger partial charge in [-0.1, -0.05) is 52.0 Å². The first-order valence-corrected chi connectivity index (χ1v) is 9.04. The fourth-order valence-corrected chi connectivity index (χ4v) is 3.90. The second kappa shape index (κ2) is 6.37. The molecule has 0 bridgehead atoms. The van der Waals surface area contributed by atoms with Crippen LogP contribution in [0.25, 0.3) is 21.7 Å². The van der Waals surface area contributed by atoms with E-state index in [1.165, 1.54) is 0 Å². The van der Waals surface area contributed by atoms with Gasteiger partial charge in [-0.2, -0.15) is 5.10 Å². The van der Waals surface area contributed by atoms with Crippen LogP contribution in [0.1, 0.15) is 5.56 Å². The fourth-order valence-electron chi connectivity index (χ4n) is 2.58. The van der Waals surface area contributed by atoms with Crippen LogP contribution >= 0.6 is 27.7 Å². The van der Waals surface area contributed by atoms with Crippen molar-refractivity contribution in [3.8, 4) is 0 Å². The maximum atomic E-state index is 11.8. The summed E-state index contributed by atoms with van der Waals surface area (Å²) in [6, 6.07) is 15.2. The van der Waals surface area contributed by atoms with Crippen molar-refractivity contribution in [3.05, 3.63) is 75.2 Å². The zero-order valence-electron chi connectivity index (χ0n) is 12.4. The normalized spacial score (nSPS) is 11.2. The Hall–Kier alpha value is -2.18. The number of aromatic nitrogens is 2. The maximum Gasteiger partial charge on any atom is 0.336 e. The predicted molar refractivity (Wildman–Crippen MR) is 99.3 cm³/mol. The standard InChI is InChI=1S/C18H11BrN2O2S/c19-13-5-6-14-12(7-17(22)23-16(14)8-13)10-24-18-15-4-2-1-3-11(15)9-20-21-18/h1-9H,10H2. The predicted octanol–water partition coefficient (Wildman–Crippen LogP) is 4.79. The molecular formula is C18H11BrN2O2S. The maximum absolute atomic E-state index is 11.8. The lowest BCUT2D eigenvalue weighted by Crippen LogP contribution is -2.00. The molecule has 24 heavy (non-hydrogen) atoms. The molecule has 2 aromatic heterocycles. The second-order valence-corrected chi connectivity index (χ2v) is 7.14. The highest BCUT2D eigenvalue weighted by Crippen LogP contribution is 2.30. The summed E-state index contributed by atoms with van der Waals surface area (Å²) >= 11 is 4.96. The molecule has 0 amide bonds. The van der Waals surface area contributed by atoms with Gasteiger partial charge in [-0.05, 0) is 23.8 Å². The molecule has 0 aliphatic heterocycles. The van der Waals surface area contributed by atoms with Crippen molar-refractivity contribution in [1.29, 1.82) is 0 Å². The lowest BCUT2D eigenvalue weighted by atomic mass is 10.1. The van der Waals surface area contributed by atoms with Crippen LogP contribution in [-0.2, 0) is 5.75 Å². The number of nitrogens with zero attached hydrogens (tertiary/aromatic N) is 2. The number of hydrogen-bond donors (Lipinski definition) is 0. The van der Waals surface area contributed by atoms with Gasteiger partial charge in [0, 0.05) is 32.5 Å². The van der Waals surface area contributed by atoms with Crippen LogP contribution in [0.15, 0.2) is 73.4 Å². The first-order valence-electron chi connectivity index (χ1n) is 7.26. The summed E-state index contributed by atoms with van der Waals surface area (Å²) in [5, 5.41) is 12.2. The summed E-state index contributed by atoms with van der Waals surface area (Å²) < 4.78 is 6.16. The largest absolute Gasteiger partial charge is 0.423 e. The van der Waals surface area contributed by atoms with E-state index in [-0.39, 0.29) is 5.63 Å². The summed E-state index contributed by atoms with van der Waals surface area (Å²) in [5.41, 5.74) is 1.16. The highest BCUT2D eigenvalue weighted by atomic mass is 79.9. The van der Waals surface area contributed by atoms with Crippen molar-refractivity contribution in [2.75, 3.05) is 0 Å². The van der Waals surface area contributed by atoms with Crippen LogP contribution in [0.3, 0.4) is 0 Å². The quantitative estimate of drug-likeness (QED) is 0.366. The van der Waals surface area contributed by atoms with Crippen LogP contribution in [-0.4, -0.2) is 10.2 Å². The number of benzene rings is 2. The zero-order valence-corrected chi connectivity index (χ0v) is 14.8. The SMILES string of the molecule is O=c1cc(CSc2nncc3ccccc23)c2ccc(Br)cc2o1. The highest BCUT2D eigenvalue weighted by Gasteiger charge is 2.09. The highest BCUT2D eigenvalue weighted by molar-refractivity contribution is 9.10. The van der Waals surface area contributed by atoms with Crippen molar-refractivity contribution in [2.24, 2.45) is 0 Å². The van der Waals surface area contributed by atoms with Crippen LogP contribution in [0.5, 0.6) is 0 Å². The van der Waals surface area contributed by atoms with Crippen LogP contribution in [0.2, 0.25) is 0 Å². The van der Waals surface area contributed by atoms with E-state index in [0.717, 1.165) is 31.2 Å². The van der Waals surface area contributed by atoms with E-state index >= 15 is 0 Å². The van der Waals surface area contributed by atoms with E-state index < -0.39 is 0 Å². The Kier molecular flexibility index (Phi) is 4.08. The molecule has 0 N–H and O–H groups in total. The number of thioether (sulfide) groups is 1. The Balaban J connectivity index is 1.73. The van der Waals surface area contributed by atoms with E-state index in [9.17, 15) is 4.79 Å². The number of halogens is 1. The summed E-state index contributed by atoms with van der Waals surface area (Å²) in [6.45, 7) is 0. The summed E-state index contributed by atoms with van der Waals surface area (Å²) in [4.78, 5) is 11.8. The van der Waals surface area contributed by atoms with Gasteiger partial charge in [0.05, 0.1) is 6.20 Å². The van der Waals surface area contributed by atoms with Gasteiger partial charge in [-0.3, -0.25) is 0 Å². The Morgan fingerprint density at radius 1 is 1.08 bits per heavy atom. The molecule has 4 aromatic rings. The number of fused-ring (bicyclic) bond motifs is 2. The molecule has 2 aromatic carbocycles. The van der Waals surface area contributed by atoms with Crippen LogP contribution in [0.4, 0.5) is 0 Å². The Bertz CT molecular complexity index is 1110. The average molecular weight is 399 g/mol. The fraction of sp³-hybridized carbons (Fsp3) is 0.0556. The van der Waals surface area contributed by atoms with Crippen molar-refractivity contribution in [1.82, 2.24) is 10.2 Å². The Morgan fingerprint density at radius 2 is 1.96 bits per heavy atom. The molecule has 6 heteroatoms. The zero-order chi connectivity index (χ0) is 16.5. The van der Waals surface area contributed by atoms with E-state index in [2.05, 4.69) is 26.1 Å². The molecule has 4 nitrogen and oxygen atoms in total. The van der Waals surface area contributed by atoms with Crippen LogP contribution < -0.4 is 5.63 Å². The van der Waals surface area contributed by atoms with Gasteiger partial charge < -0.3 is 4.42 Å². The summed E-state index contributed by atoms with van der Waals surface area (Å²) in [7, 11) is 0. The first kappa shape index (κ1) is 15.4. The summed E-state index contributed by atoms with van der Waals surface area (Å²) in [6.07, 6.45) is 1.75. The third kappa shape index (κ3) is 2.95. The molecule has 2 heterocycles. The molecule has 0 fully saturated rings. The van der Waals surface area contributed by atoms with Gasteiger partial charge in [0.2, 0.25) is 0 Å².